The number of hydrogen-bond donors (Lipinski definition) is 1. The van der Waals surface area contributed by atoms with Gasteiger partial charge in [-0.25, -0.2) is 0 Å². The van der Waals surface area contributed by atoms with Crippen molar-refractivity contribution in [2.24, 2.45) is 0 Å². The summed E-state index contributed by atoms with van der Waals surface area (Å²) in [6.45, 7) is 14.4. The van der Waals surface area contributed by atoms with Crippen LogP contribution in [-0.4, -0.2) is 31.1 Å². The van der Waals surface area contributed by atoms with Crippen molar-refractivity contribution in [2.75, 3.05) is 20.6 Å². The Balaban J connectivity index is 2.82. The molecule has 0 fully saturated rings. The highest BCUT2D eigenvalue weighted by atomic mass is 15.2. The lowest BCUT2D eigenvalue weighted by molar-refractivity contribution is 0.185. The van der Waals surface area contributed by atoms with E-state index in [2.05, 4.69) is 78.0 Å². The molecule has 1 rings (SSSR count). The number of likely N-dealkylation sites (N-methyl/N-ethyl adjacent to an activating group) is 1. The monoisotopic (exact) mass is 262 g/mol. The topological polar surface area (TPSA) is 15.3 Å². The van der Waals surface area contributed by atoms with E-state index in [0.717, 1.165) is 6.54 Å². The maximum absolute atomic E-state index is 3.68. The molecule has 1 aromatic carbocycles. The Morgan fingerprint density at radius 3 is 2.00 bits per heavy atom. The summed E-state index contributed by atoms with van der Waals surface area (Å²) in [6.07, 6.45) is 0. The molecular weight excluding hydrogens is 232 g/mol. The molecule has 0 aliphatic carbocycles. The fourth-order valence-corrected chi connectivity index (χ4v) is 2.54. The first-order chi connectivity index (χ1) is 8.65. The zero-order valence-corrected chi connectivity index (χ0v) is 13.9. The molecule has 1 aromatic rings. The predicted molar refractivity (Wildman–Crippen MR) is 84.8 cm³/mol. The van der Waals surface area contributed by atoms with E-state index in [4.69, 9.17) is 0 Å². The van der Waals surface area contributed by atoms with Crippen LogP contribution in [0.2, 0.25) is 0 Å². The SMILES string of the molecule is Cc1cc(C)c(C(C)NCC(C)(C)N(C)C)c(C)c1. The van der Waals surface area contributed by atoms with Gasteiger partial charge in [0.1, 0.15) is 0 Å². The van der Waals surface area contributed by atoms with Crippen molar-refractivity contribution in [1.82, 2.24) is 10.2 Å². The molecule has 19 heavy (non-hydrogen) atoms. The van der Waals surface area contributed by atoms with Gasteiger partial charge in [0.25, 0.3) is 0 Å². The Hall–Kier alpha value is -0.860. The van der Waals surface area contributed by atoms with Crippen LogP contribution in [0.4, 0.5) is 0 Å². The average molecular weight is 262 g/mol. The minimum atomic E-state index is 0.167. The van der Waals surface area contributed by atoms with E-state index < -0.39 is 0 Å². The van der Waals surface area contributed by atoms with Crippen molar-refractivity contribution in [3.05, 3.63) is 34.4 Å². The summed E-state index contributed by atoms with van der Waals surface area (Å²) in [5.74, 6) is 0. The van der Waals surface area contributed by atoms with Crippen molar-refractivity contribution in [3.63, 3.8) is 0 Å². The normalized spacial score (nSPS) is 13.9. The Morgan fingerprint density at radius 2 is 1.58 bits per heavy atom. The molecule has 1 atom stereocenters. The van der Waals surface area contributed by atoms with E-state index in [1.807, 2.05) is 0 Å². The summed E-state index contributed by atoms with van der Waals surface area (Å²) >= 11 is 0. The van der Waals surface area contributed by atoms with Gasteiger partial charge in [-0.3, -0.25) is 0 Å². The molecule has 1 unspecified atom stereocenters. The molecule has 0 amide bonds. The maximum atomic E-state index is 3.68. The smallest absolute Gasteiger partial charge is 0.0297 e. The first-order valence-corrected chi connectivity index (χ1v) is 7.13. The van der Waals surface area contributed by atoms with Crippen molar-refractivity contribution < 1.29 is 0 Å². The number of benzene rings is 1. The van der Waals surface area contributed by atoms with Crippen LogP contribution in [0.1, 0.15) is 49.1 Å². The standard InChI is InChI=1S/C17H30N2/c1-12-9-13(2)16(14(3)10-12)15(4)18-11-17(5,6)19(7)8/h9-10,15,18H,11H2,1-8H3. The molecule has 0 saturated carbocycles. The molecule has 0 bridgehead atoms. The van der Waals surface area contributed by atoms with E-state index in [9.17, 15) is 0 Å². The summed E-state index contributed by atoms with van der Waals surface area (Å²) < 4.78 is 0. The molecule has 0 aliphatic rings. The largest absolute Gasteiger partial charge is 0.308 e. The summed E-state index contributed by atoms with van der Waals surface area (Å²) in [5, 5.41) is 3.68. The number of nitrogens with zero attached hydrogens (tertiary/aromatic N) is 1. The van der Waals surface area contributed by atoms with E-state index >= 15 is 0 Å². The molecule has 0 saturated heterocycles. The summed E-state index contributed by atoms with van der Waals surface area (Å²) in [7, 11) is 4.27. The van der Waals surface area contributed by atoms with Crippen LogP contribution in [0, 0.1) is 20.8 Å². The fraction of sp³-hybridized carbons (Fsp3) is 0.647. The zero-order chi connectivity index (χ0) is 14.8. The molecular formula is C17H30N2. The molecule has 2 nitrogen and oxygen atoms in total. The predicted octanol–water partition coefficient (Wildman–Crippen LogP) is 3.60. The third kappa shape index (κ3) is 4.05. The van der Waals surface area contributed by atoms with E-state index in [1.165, 1.54) is 22.3 Å². The second-order valence-electron chi connectivity index (χ2n) is 6.62. The van der Waals surface area contributed by atoms with Crippen LogP contribution in [0.3, 0.4) is 0 Å². The Kier molecular flexibility index (Phi) is 5.17. The zero-order valence-electron chi connectivity index (χ0n) is 13.9. The van der Waals surface area contributed by atoms with Gasteiger partial charge in [-0.1, -0.05) is 17.7 Å². The van der Waals surface area contributed by atoms with E-state index in [1.54, 1.807) is 0 Å². The Morgan fingerprint density at radius 1 is 1.11 bits per heavy atom. The van der Waals surface area contributed by atoms with Gasteiger partial charge < -0.3 is 10.2 Å². The fourth-order valence-electron chi connectivity index (χ4n) is 2.54. The maximum Gasteiger partial charge on any atom is 0.0297 e. The third-order valence-corrected chi connectivity index (χ3v) is 4.22. The van der Waals surface area contributed by atoms with Gasteiger partial charge >= 0.3 is 0 Å². The van der Waals surface area contributed by atoms with Gasteiger partial charge in [0.15, 0.2) is 0 Å². The van der Waals surface area contributed by atoms with Gasteiger partial charge in [-0.2, -0.15) is 0 Å². The molecule has 2 heteroatoms. The highest BCUT2D eigenvalue weighted by Gasteiger charge is 2.21. The van der Waals surface area contributed by atoms with Crippen molar-refractivity contribution in [2.45, 2.75) is 53.1 Å². The lowest BCUT2D eigenvalue weighted by Crippen LogP contribution is -2.47. The van der Waals surface area contributed by atoms with E-state index in [-0.39, 0.29) is 5.54 Å². The number of nitrogens with one attached hydrogen (secondary N) is 1. The first-order valence-electron chi connectivity index (χ1n) is 7.13. The molecule has 108 valence electrons. The molecule has 0 aliphatic heterocycles. The third-order valence-electron chi connectivity index (χ3n) is 4.22. The highest BCUT2D eigenvalue weighted by Crippen LogP contribution is 2.24. The number of rotatable bonds is 5. The van der Waals surface area contributed by atoms with Gasteiger partial charge in [0.2, 0.25) is 0 Å². The number of hydrogen-bond acceptors (Lipinski definition) is 2. The lowest BCUT2D eigenvalue weighted by Gasteiger charge is -2.34. The first kappa shape index (κ1) is 16.2. The molecule has 1 N–H and O–H groups in total. The van der Waals surface area contributed by atoms with Gasteiger partial charge in [0, 0.05) is 18.1 Å². The van der Waals surface area contributed by atoms with E-state index in [0.29, 0.717) is 6.04 Å². The summed E-state index contributed by atoms with van der Waals surface area (Å²) in [5.41, 5.74) is 5.74. The summed E-state index contributed by atoms with van der Waals surface area (Å²) in [4.78, 5) is 2.27. The van der Waals surface area contributed by atoms with Crippen LogP contribution in [0.15, 0.2) is 12.1 Å². The summed E-state index contributed by atoms with van der Waals surface area (Å²) in [6, 6.07) is 4.94. The number of aryl methyl sites for hydroxylation is 3. The molecule has 0 aromatic heterocycles. The van der Waals surface area contributed by atoms with Crippen LogP contribution in [-0.2, 0) is 0 Å². The molecule has 0 spiro atoms. The Bertz CT molecular complexity index is 410. The molecule has 0 radical (unpaired) electrons. The van der Waals surface area contributed by atoms with Crippen molar-refractivity contribution in [1.29, 1.82) is 0 Å². The van der Waals surface area contributed by atoms with Crippen LogP contribution < -0.4 is 5.32 Å². The second kappa shape index (κ2) is 6.06. The van der Waals surface area contributed by atoms with Crippen LogP contribution in [0.5, 0.6) is 0 Å². The molecule has 0 heterocycles. The van der Waals surface area contributed by atoms with Crippen molar-refractivity contribution >= 4 is 0 Å². The minimum Gasteiger partial charge on any atom is -0.308 e. The van der Waals surface area contributed by atoms with Crippen LogP contribution >= 0.6 is 0 Å². The Labute approximate surface area is 119 Å². The highest BCUT2D eigenvalue weighted by molar-refractivity contribution is 5.39. The van der Waals surface area contributed by atoms with Gasteiger partial charge in [-0.15, -0.1) is 0 Å². The quantitative estimate of drug-likeness (QED) is 0.872. The second-order valence-corrected chi connectivity index (χ2v) is 6.62. The van der Waals surface area contributed by atoms with Gasteiger partial charge in [0.05, 0.1) is 0 Å². The minimum absolute atomic E-state index is 0.167. The van der Waals surface area contributed by atoms with Crippen LogP contribution in [0.25, 0.3) is 0 Å². The lowest BCUT2D eigenvalue weighted by atomic mass is 9.94. The average Bonchev–Trinajstić information content (AvgIpc) is 2.24. The van der Waals surface area contributed by atoms with Crippen molar-refractivity contribution in [3.8, 4) is 0 Å². The van der Waals surface area contributed by atoms with Gasteiger partial charge in [-0.05, 0) is 72.3 Å².